The first kappa shape index (κ1) is 12.7. The van der Waals surface area contributed by atoms with Gasteiger partial charge in [-0.15, -0.1) is 0 Å². The summed E-state index contributed by atoms with van der Waals surface area (Å²) >= 11 is 0. The molecule has 3 rings (SSSR count). The van der Waals surface area contributed by atoms with Gasteiger partial charge in [0, 0.05) is 17.8 Å². The minimum Gasteiger partial charge on any atom is -0.505 e. The number of carboxylic acid groups (broad SMARTS) is 1. The van der Waals surface area contributed by atoms with E-state index in [9.17, 15) is 19.1 Å². The molecule has 0 saturated heterocycles. The SMILES string of the molecule is CC1CCc2c(O)c(F)cc3c(=O)c(C(=O)O)cn1c23. The van der Waals surface area contributed by atoms with Crippen LogP contribution < -0.4 is 5.43 Å². The van der Waals surface area contributed by atoms with E-state index in [1.54, 1.807) is 4.57 Å². The van der Waals surface area contributed by atoms with Crippen molar-refractivity contribution in [1.82, 2.24) is 4.57 Å². The van der Waals surface area contributed by atoms with Gasteiger partial charge in [-0.3, -0.25) is 4.79 Å². The van der Waals surface area contributed by atoms with Crippen LogP contribution >= 0.6 is 0 Å². The van der Waals surface area contributed by atoms with Crippen molar-refractivity contribution in [3.05, 3.63) is 39.4 Å². The fourth-order valence-corrected chi connectivity index (χ4v) is 2.79. The maximum Gasteiger partial charge on any atom is 0.341 e. The van der Waals surface area contributed by atoms with Crippen LogP contribution in [0.2, 0.25) is 0 Å². The summed E-state index contributed by atoms with van der Waals surface area (Å²) < 4.78 is 15.4. The molecule has 1 aliphatic heterocycles. The molecule has 0 spiro atoms. The van der Waals surface area contributed by atoms with Gasteiger partial charge < -0.3 is 14.8 Å². The van der Waals surface area contributed by atoms with Gasteiger partial charge in [-0.25, -0.2) is 9.18 Å². The molecule has 1 aromatic heterocycles. The third-order valence-corrected chi connectivity index (χ3v) is 3.86. The highest BCUT2D eigenvalue weighted by atomic mass is 19.1. The van der Waals surface area contributed by atoms with Crippen molar-refractivity contribution in [1.29, 1.82) is 0 Å². The molecule has 6 heteroatoms. The highest BCUT2D eigenvalue weighted by Gasteiger charge is 2.26. The molecule has 2 heterocycles. The highest BCUT2D eigenvalue weighted by Crippen LogP contribution is 2.36. The van der Waals surface area contributed by atoms with Crippen LogP contribution in [0.25, 0.3) is 10.9 Å². The Hall–Kier alpha value is -2.37. The molecule has 2 aromatic rings. The largest absolute Gasteiger partial charge is 0.505 e. The van der Waals surface area contributed by atoms with Gasteiger partial charge in [0.25, 0.3) is 0 Å². The molecule has 1 aromatic carbocycles. The van der Waals surface area contributed by atoms with Crippen LogP contribution in [0.3, 0.4) is 0 Å². The predicted octanol–water partition coefficient (Wildman–Crippen LogP) is 2.05. The van der Waals surface area contributed by atoms with Gasteiger partial charge in [-0.05, 0) is 25.8 Å². The molecule has 20 heavy (non-hydrogen) atoms. The fourth-order valence-electron chi connectivity index (χ4n) is 2.79. The molecule has 1 atom stereocenters. The van der Waals surface area contributed by atoms with Gasteiger partial charge in [0.1, 0.15) is 5.56 Å². The summed E-state index contributed by atoms with van der Waals surface area (Å²) in [5.41, 5.74) is -0.315. The number of nitrogens with zero attached hydrogens (tertiary/aromatic N) is 1. The van der Waals surface area contributed by atoms with E-state index in [0.29, 0.717) is 23.9 Å². The monoisotopic (exact) mass is 277 g/mol. The standard InChI is InChI=1S/C14H12FNO4/c1-6-2-3-7-11-8(4-10(15)13(7)18)12(17)9(14(19)20)5-16(6)11/h4-6,18H,2-3H2,1H3,(H,19,20). The van der Waals surface area contributed by atoms with Crippen molar-refractivity contribution < 1.29 is 19.4 Å². The second-order valence-corrected chi connectivity index (χ2v) is 5.05. The number of hydrogen-bond acceptors (Lipinski definition) is 3. The number of hydrogen-bond donors (Lipinski definition) is 2. The number of carbonyl (C=O) groups is 1. The average molecular weight is 277 g/mol. The zero-order valence-electron chi connectivity index (χ0n) is 10.7. The van der Waals surface area contributed by atoms with Gasteiger partial charge in [0.05, 0.1) is 10.9 Å². The van der Waals surface area contributed by atoms with Crippen molar-refractivity contribution in [2.24, 2.45) is 0 Å². The second-order valence-electron chi connectivity index (χ2n) is 5.05. The minimum absolute atomic E-state index is 0.00162. The molecular weight excluding hydrogens is 265 g/mol. The van der Waals surface area contributed by atoms with Crippen LogP contribution in [0.15, 0.2) is 17.1 Å². The van der Waals surface area contributed by atoms with Crippen LogP contribution in [0.4, 0.5) is 4.39 Å². The molecule has 1 aliphatic rings. The zero-order chi connectivity index (χ0) is 14.6. The van der Waals surface area contributed by atoms with Crippen molar-refractivity contribution in [2.75, 3.05) is 0 Å². The Kier molecular flexibility index (Phi) is 2.57. The van der Waals surface area contributed by atoms with Gasteiger partial charge in [0.2, 0.25) is 5.43 Å². The maximum absolute atomic E-state index is 13.7. The Bertz CT molecular complexity index is 809. The van der Waals surface area contributed by atoms with E-state index >= 15 is 0 Å². The number of halogens is 1. The Morgan fingerprint density at radius 2 is 2.20 bits per heavy atom. The van der Waals surface area contributed by atoms with Crippen LogP contribution in [-0.2, 0) is 6.42 Å². The van der Waals surface area contributed by atoms with Gasteiger partial charge in [-0.2, -0.15) is 0 Å². The Morgan fingerprint density at radius 1 is 1.50 bits per heavy atom. The van der Waals surface area contributed by atoms with E-state index in [0.717, 1.165) is 6.07 Å². The molecule has 1 unspecified atom stereocenters. The lowest BCUT2D eigenvalue weighted by Gasteiger charge is -2.27. The normalized spacial score (nSPS) is 17.4. The number of carboxylic acids is 1. The lowest BCUT2D eigenvalue weighted by Crippen LogP contribution is -2.24. The van der Waals surface area contributed by atoms with E-state index < -0.39 is 23.0 Å². The van der Waals surface area contributed by atoms with Gasteiger partial charge in [-0.1, -0.05) is 0 Å². The van der Waals surface area contributed by atoms with Crippen molar-refractivity contribution in [3.8, 4) is 5.75 Å². The number of pyridine rings is 1. The maximum atomic E-state index is 13.7. The van der Waals surface area contributed by atoms with Crippen LogP contribution in [-0.4, -0.2) is 20.7 Å². The Morgan fingerprint density at radius 3 is 2.85 bits per heavy atom. The van der Waals surface area contributed by atoms with Crippen LogP contribution in [0.5, 0.6) is 5.75 Å². The minimum atomic E-state index is -1.34. The summed E-state index contributed by atoms with van der Waals surface area (Å²) in [5, 5.41) is 18.9. The smallest absolute Gasteiger partial charge is 0.341 e. The molecule has 0 aliphatic carbocycles. The first-order valence-corrected chi connectivity index (χ1v) is 6.24. The topological polar surface area (TPSA) is 79.5 Å². The Labute approximate surface area is 112 Å². The lowest BCUT2D eigenvalue weighted by atomic mass is 9.95. The molecule has 0 saturated carbocycles. The van der Waals surface area contributed by atoms with Crippen LogP contribution in [0.1, 0.15) is 35.3 Å². The number of phenols is 1. The lowest BCUT2D eigenvalue weighted by molar-refractivity contribution is 0.0694. The molecule has 5 nitrogen and oxygen atoms in total. The van der Waals surface area contributed by atoms with E-state index in [4.69, 9.17) is 5.11 Å². The highest BCUT2D eigenvalue weighted by molar-refractivity contribution is 5.94. The molecule has 0 amide bonds. The molecular formula is C14H12FNO4. The predicted molar refractivity (Wildman–Crippen MR) is 69.8 cm³/mol. The van der Waals surface area contributed by atoms with Gasteiger partial charge >= 0.3 is 5.97 Å². The van der Waals surface area contributed by atoms with E-state index in [1.165, 1.54) is 6.20 Å². The summed E-state index contributed by atoms with van der Waals surface area (Å²) in [5.74, 6) is -2.69. The number of aromatic carboxylic acids is 1. The molecule has 0 bridgehead atoms. The number of phenolic OH excluding ortho intramolecular Hbond substituents is 1. The number of aryl methyl sites for hydroxylation is 1. The third-order valence-electron chi connectivity index (χ3n) is 3.86. The number of rotatable bonds is 1. The number of benzene rings is 1. The van der Waals surface area contributed by atoms with Gasteiger partial charge in [0.15, 0.2) is 11.6 Å². The fraction of sp³-hybridized carbons (Fsp3) is 0.286. The molecule has 104 valence electrons. The molecule has 0 fully saturated rings. The second kappa shape index (κ2) is 4.06. The third kappa shape index (κ3) is 1.54. The summed E-state index contributed by atoms with van der Waals surface area (Å²) in [4.78, 5) is 23.3. The first-order chi connectivity index (χ1) is 9.41. The van der Waals surface area contributed by atoms with Crippen molar-refractivity contribution in [3.63, 3.8) is 0 Å². The number of aromatic hydroxyl groups is 1. The summed E-state index contributed by atoms with van der Waals surface area (Å²) in [6.07, 6.45) is 2.37. The average Bonchev–Trinajstić information content (AvgIpc) is 2.39. The summed E-state index contributed by atoms with van der Waals surface area (Å²) in [7, 11) is 0. The first-order valence-electron chi connectivity index (χ1n) is 6.24. The van der Waals surface area contributed by atoms with Crippen molar-refractivity contribution >= 4 is 16.9 Å². The molecule has 0 radical (unpaired) electrons. The molecule has 2 N–H and O–H groups in total. The van der Waals surface area contributed by atoms with Crippen molar-refractivity contribution in [2.45, 2.75) is 25.8 Å². The van der Waals surface area contributed by atoms with E-state index in [1.807, 2.05) is 6.92 Å². The van der Waals surface area contributed by atoms with E-state index in [-0.39, 0.29) is 17.0 Å². The zero-order valence-corrected chi connectivity index (χ0v) is 10.7. The quantitative estimate of drug-likeness (QED) is 0.836. The summed E-state index contributed by atoms with van der Waals surface area (Å²) in [6, 6.07) is 0.894. The summed E-state index contributed by atoms with van der Waals surface area (Å²) in [6.45, 7) is 1.89. The number of aromatic nitrogens is 1. The van der Waals surface area contributed by atoms with Crippen LogP contribution in [0, 0.1) is 5.82 Å². The Balaban J connectivity index is 2.57. The van der Waals surface area contributed by atoms with E-state index in [2.05, 4.69) is 0 Å².